The topological polar surface area (TPSA) is 103 Å². The van der Waals surface area contributed by atoms with Crippen LogP contribution in [0.2, 0.25) is 0 Å². The van der Waals surface area contributed by atoms with Gasteiger partial charge in [0.05, 0.1) is 36.6 Å². The van der Waals surface area contributed by atoms with E-state index in [0.29, 0.717) is 55.1 Å². The Morgan fingerprint density at radius 2 is 1.97 bits per heavy atom. The Labute approximate surface area is 217 Å². The maximum absolute atomic E-state index is 13.1. The molecule has 2 atom stereocenters. The summed E-state index contributed by atoms with van der Waals surface area (Å²) >= 11 is 0. The van der Waals surface area contributed by atoms with Crippen molar-refractivity contribution in [2.24, 2.45) is 0 Å². The average Bonchev–Trinajstić information content (AvgIpc) is 3.46. The molecule has 5 rings (SSSR count). The number of nitrogens with zero attached hydrogens (tertiary/aromatic N) is 3. The fraction of sp³-hybridized carbons (Fsp3) is 0.407. The van der Waals surface area contributed by atoms with Gasteiger partial charge < -0.3 is 19.5 Å². The molecule has 2 aliphatic rings. The summed E-state index contributed by atoms with van der Waals surface area (Å²) < 4.78 is 44.7. The highest BCUT2D eigenvalue weighted by Crippen LogP contribution is 2.31. The van der Waals surface area contributed by atoms with Gasteiger partial charge in [-0.15, -0.1) is 0 Å². The molecule has 0 bridgehead atoms. The molecule has 0 spiro atoms. The maximum Gasteiger partial charge on any atom is 0.257 e. The molecular weight excluding hydrogens is 492 g/mol. The Hall–Kier alpha value is -3.05. The fourth-order valence-electron chi connectivity index (χ4n) is 4.70. The van der Waals surface area contributed by atoms with Crippen molar-refractivity contribution in [2.45, 2.75) is 42.8 Å². The van der Waals surface area contributed by atoms with Gasteiger partial charge in [0, 0.05) is 38.3 Å². The Kier molecular flexibility index (Phi) is 7.99. The number of pyridine rings is 2. The Morgan fingerprint density at radius 3 is 2.76 bits per heavy atom. The number of hydrogen-bond donors (Lipinski definition) is 1. The van der Waals surface area contributed by atoms with Gasteiger partial charge in [-0.05, 0) is 48.7 Å². The third-order valence-electron chi connectivity index (χ3n) is 6.69. The molecule has 37 heavy (non-hydrogen) atoms. The summed E-state index contributed by atoms with van der Waals surface area (Å²) in [6.07, 6.45) is 4.20. The Bertz CT molecular complexity index is 1300. The third kappa shape index (κ3) is 5.93. The lowest BCUT2D eigenvalue weighted by Gasteiger charge is -2.32. The van der Waals surface area contributed by atoms with Crippen LogP contribution in [0.3, 0.4) is 0 Å². The third-order valence-corrected chi connectivity index (χ3v) is 8.57. The second kappa shape index (κ2) is 11.6. The zero-order valence-electron chi connectivity index (χ0n) is 20.9. The molecule has 1 aromatic carbocycles. The molecular formula is C27H32N4O5S. The van der Waals surface area contributed by atoms with Crippen LogP contribution in [0.15, 0.2) is 65.7 Å². The van der Waals surface area contributed by atoms with Crippen molar-refractivity contribution in [2.75, 3.05) is 33.4 Å². The Morgan fingerprint density at radius 1 is 1.11 bits per heavy atom. The van der Waals surface area contributed by atoms with Crippen LogP contribution in [0, 0.1) is 0 Å². The predicted molar refractivity (Wildman–Crippen MR) is 139 cm³/mol. The lowest BCUT2D eigenvalue weighted by atomic mass is 10.1. The highest BCUT2D eigenvalue weighted by atomic mass is 32.2. The molecule has 2 aromatic heterocycles. The predicted octanol–water partition coefficient (Wildman–Crippen LogP) is 3.26. The number of ether oxygens (including phenoxy) is 3. The largest absolute Gasteiger partial charge is 0.491 e. The SMILES string of the molecule is COc1ccc(-c2ncccc2CNC2CCCN(S(=O)(=O)c3ccccc3)C2)nc1O[C@@H]1CCOC1. The highest BCUT2D eigenvalue weighted by Gasteiger charge is 2.30. The van der Waals surface area contributed by atoms with Crippen LogP contribution < -0.4 is 14.8 Å². The van der Waals surface area contributed by atoms with Gasteiger partial charge in [-0.2, -0.15) is 4.31 Å². The minimum absolute atomic E-state index is 0.0328. The van der Waals surface area contributed by atoms with Gasteiger partial charge in [0.25, 0.3) is 5.88 Å². The molecule has 196 valence electrons. The van der Waals surface area contributed by atoms with E-state index in [4.69, 9.17) is 19.2 Å². The maximum atomic E-state index is 13.1. The molecule has 0 radical (unpaired) electrons. The van der Waals surface area contributed by atoms with Crippen molar-refractivity contribution in [1.82, 2.24) is 19.6 Å². The number of benzene rings is 1. The van der Waals surface area contributed by atoms with Crippen molar-refractivity contribution in [3.05, 3.63) is 66.4 Å². The van der Waals surface area contributed by atoms with Gasteiger partial charge in [-0.25, -0.2) is 13.4 Å². The van der Waals surface area contributed by atoms with Gasteiger partial charge in [0.15, 0.2) is 5.75 Å². The molecule has 1 unspecified atom stereocenters. The first-order chi connectivity index (χ1) is 18.0. The standard InChI is InChI=1S/C27H32N4O5S/c1-34-25-12-11-24(30-27(25)36-22-13-16-35-19-22)26-20(7-5-14-28-26)17-29-21-8-6-15-31(18-21)37(32,33)23-9-3-2-4-10-23/h2-5,7,9-12,14,21-22,29H,6,8,13,15-19H2,1H3/t21?,22-/m1/s1. The molecule has 3 aromatic rings. The molecule has 4 heterocycles. The van der Waals surface area contributed by atoms with Crippen molar-refractivity contribution in [3.63, 3.8) is 0 Å². The minimum Gasteiger partial charge on any atom is -0.491 e. The first-order valence-corrected chi connectivity index (χ1v) is 14.0. The molecule has 9 nitrogen and oxygen atoms in total. The number of rotatable bonds is 9. The molecule has 10 heteroatoms. The normalized spacial score (nSPS) is 20.6. The molecule has 2 fully saturated rings. The first-order valence-electron chi connectivity index (χ1n) is 12.6. The van der Waals surface area contributed by atoms with E-state index in [1.807, 2.05) is 30.3 Å². The number of methoxy groups -OCH3 is 1. The van der Waals surface area contributed by atoms with E-state index in [0.717, 1.165) is 30.5 Å². The molecule has 2 saturated heterocycles. The van der Waals surface area contributed by atoms with E-state index in [1.54, 1.807) is 41.9 Å². The van der Waals surface area contributed by atoms with Crippen LogP contribution in [-0.2, 0) is 21.3 Å². The quantitative estimate of drug-likeness (QED) is 0.455. The summed E-state index contributed by atoms with van der Waals surface area (Å²) in [5.41, 5.74) is 2.40. The highest BCUT2D eigenvalue weighted by molar-refractivity contribution is 7.89. The second-order valence-electron chi connectivity index (χ2n) is 9.21. The smallest absolute Gasteiger partial charge is 0.257 e. The van der Waals surface area contributed by atoms with Gasteiger partial charge in [0.1, 0.15) is 6.10 Å². The number of piperidine rings is 1. The molecule has 0 amide bonds. The van der Waals surface area contributed by atoms with Crippen LogP contribution >= 0.6 is 0 Å². The van der Waals surface area contributed by atoms with Crippen LogP contribution in [0.5, 0.6) is 11.6 Å². The molecule has 0 saturated carbocycles. The number of sulfonamides is 1. The van der Waals surface area contributed by atoms with Crippen molar-refractivity contribution >= 4 is 10.0 Å². The lowest BCUT2D eigenvalue weighted by molar-refractivity contribution is 0.135. The summed E-state index contributed by atoms with van der Waals surface area (Å²) in [6.45, 7) is 2.70. The van der Waals surface area contributed by atoms with E-state index in [9.17, 15) is 8.42 Å². The second-order valence-corrected chi connectivity index (χ2v) is 11.2. The zero-order chi connectivity index (χ0) is 25.7. The van der Waals surface area contributed by atoms with E-state index in [1.165, 1.54) is 0 Å². The zero-order valence-corrected chi connectivity index (χ0v) is 21.7. The van der Waals surface area contributed by atoms with Crippen LogP contribution in [0.1, 0.15) is 24.8 Å². The monoisotopic (exact) mass is 524 g/mol. The average molecular weight is 525 g/mol. The van der Waals surface area contributed by atoms with Gasteiger partial charge in [0.2, 0.25) is 10.0 Å². The molecule has 1 N–H and O–H groups in total. The molecule has 2 aliphatic heterocycles. The number of aromatic nitrogens is 2. The van der Waals surface area contributed by atoms with Crippen LogP contribution in [0.4, 0.5) is 0 Å². The lowest BCUT2D eigenvalue weighted by Crippen LogP contribution is -2.47. The first kappa shape index (κ1) is 25.6. The van der Waals surface area contributed by atoms with E-state index in [-0.39, 0.29) is 12.1 Å². The fourth-order valence-corrected chi connectivity index (χ4v) is 6.24. The summed E-state index contributed by atoms with van der Waals surface area (Å²) in [5.74, 6) is 0.988. The van der Waals surface area contributed by atoms with Crippen molar-refractivity contribution in [1.29, 1.82) is 0 Å². The van der Waals surface area contributed by atoms with Gasteiger partial charge in [-0.1, -0.05) is 24.3 Å². The van der Waals surface area contributed by atoms with Crippen LogP contribution in [0.25, 0.3) is 11.4 Å². The summed E-state index contributed by atoms with van der Waals surface area (Å²) in [5, 5.41) is 3.55. The summed E-state index contributed by atoms with van der Waals surface area (Å²) in [6, 6.07) is 16.3. The minimum atomic E-state index is -3.51. The van der Waals surface area contributed by atoms with Crippen molar-refractivity contribution < 1.29 is 22.6 Å². The van der Waals surface area contributed by atoms with Crippen LogP contribution in [-0.4, -0.2) is 68.2 Å². The molecule has 0 aliphatic carbocycles. The van der Waals surface area contributed by atoms with E-state index >= 15 is 0 Å². The Balaban J connectivity index is 1.30. The van der Waals surface area contributed by atoms with E-state index < -0.39 is 10.0 Å². The van der Waals surface area contributed by atoms with E-state index in [2.05, 4.69) is 10.3 Å². The summed E-state index contributed by atoms with van der Waals surface area (Å²) in [4.78, 5) is 9.67. The van der Waals surface area contributed by atoms with Crippen molar-refractivity contribution in [3.8, 4) is 23.0 Å². The van der Waals surface area contributed by atoms with Gasteiger partial charge >= 0.3 is 0 Å². The summed E-state index contributed by atoms with van der Waals surface area (Å²) in [7, 11) is -1.92. The van der Waals surface area contributed by atoms with Gasteiger partial charge in [-0.3, -0.25) is 4.98 Å². The number of hydrogen-bond acceptors (Lipinski definition) is 8. The number of nitrogens with one attached hydrogen (secondary N) is 1.